The van der Waals surface area contributed by atoms with Crippen molar-refractivity contribution in [3.05, 3.63) is 52.4 Å². The standard InChI is InChI=1S/C22H24N2O2S/c1(2-8-24-9-6-16(7-10-24)22-5-3-11-27-22)4-17-14-23-19-13-21-20(12-18(17)19)25-15-26-21/h3,5-6,11-14,23H,1-2,4,7-10,15H2. The van der Waals surface area contributed by atoms with Crippen molar-refractivity contribution in [2.45, 2.75) is 25.7 Å². The lowest BCUT2D eigenvalue weighted by atomic mass is 10.0. The Hall–Kier alpha value is -2.24. The molecule has 2 aromatic heterocycles. The molecule has 0 amide bonds. The smallest absolute Gasteiger partial charge is 0.231 e. The van der Waals surface area contributed by atoms with Crippen molar-refractivity contribution in [3.8, 4) is 11.5 Å². The summed E-state index contributed by atoms with van der Waals surface area (Å²) in [5.41, 5.74) is 4.04. The summed E-state index contributed by atoms with van der Waals surface area (Å²) in [4.78, 5) is 7.39. The van der Waals surface area contributed by atoms with E-state index in [1.165, 1.54) is 53.8 Å². The van der Waals surface area contributed by atoms with Gasteiger partial charge in [0.15, 0.2) is 11.5 Å². The Bertz CT molecular complexity index is 958. The van der Waals surface area contributed by atoms with Gasteiger partial charge in [0, 0.05) is 41.1 Å². The molecule has 0 atom stereocenters. The highest BCUT2D eigenvalue weighted by atomic mass is 32.1. The number of nitrogens with zero attached hydrogens (tertiary/aromatic N) is 1. The van der Waals surface area contributed by atoms with Gasteiger partial charge in [0.05, 0.1) is 0 Å². The number of rotatable bonds is 6. The Kier molecular flexibility index (Phi) is 4.64. The van der Waals surface area contributed by atoms with Crippen LogP contribution in [0.4, 0.5) is 0 Å². The summed E-state index contributed by atoms with van der Waals surface area (Å²) in [6.45, 7) is 3.78. The monoisotopic (exact) mass is 380 g/mol. The number of nitrogens with one attached hydrogen (secondary N) is 1. The van der Waals surface area contributed by atoms with E-state index in [-0.39, 0.29) is 0 Å². The number of aromatic amines is 1. The van der Waals surface area contributed by atoms with E-state index in [4.69, 9.17) is 9.47 Å². The zero-order valence-electron chi connectivity index (χ0n) is 15.4. The first-order valence-electron chi connectivity index (χ1n) is 9.72. The predicted molar refractivity (Wildman–Crippen MR) is 111 cm³/mol. The summed E-state index contributed by atoms with van der Waals surface area (Å²) in [6, 6.07) is 8.54. The first kappa shape index (κ1) is 16.9. The second-order valence-corrected chi connectivity index (χ2v) is 8.23. The van der Waals surface area contributed by atoms with Gasteiger partial charge in [-0.25, -0.2) is 0 Å². The van der Waals surface area contributed by atoms with Gasteiger partial charge in [-0.2, -0.15) is 0 Å². The Labute approximate surface area is 163 Å². The molecule has 3 aromatic rings. The van der Waals surface area contributed by atoms with Gasteiger partial charge in [-0.15, -0.1) is 11.3 Å². The number of H-pyrrole nitrogens is 1. The van der Waals surface area contributed by atoms with Crippen LogP contribution in [0.5, 0.6) is 11.5 Å². The molecule has 0 saturated heterocycles. The van der Waals surface area contributed by atoms with Crippen molar-refractivity contribution in [2.75, 3.05) is 26.4 Å². The van der Waals surface area contributed by atoms with Gasteiger partial charge in [-0.3, -0.25) is 4.90 Å². The molecule has 4 nitrogen and oxygen atoms in total. The maximum atomic E-state index is 5.52. The van der Waals surface area contributed by atoms with E-state index >= 15 is 0 Å². The molecule has 0 unspecified atom stereocenters. The molecule has 0 bridgehead atoms. The van der Waals surface area contributed by atoms with Gasteiger partial charge >= 0.3 is 0 Å². The topological polar surface area (TPSA) is 37.5 Å². The third-order valence-corrected chi connectivity index (χ3v) is 6.51. The van der Waals surface area contributed by atoms with Gasteiger partial charge in [-0.05, 0) is 60.9 Å². The average molecular weight is 381 g/mol. The summed E-state index contributed by atoms with van der Waals surface area (Å²) < 4.78 is 11.0. The highest BCUT2D eigenvalue weighted by Crippen LogP contribution is 2.37. The molecule has 2 aliphatic rings. The minimum absolute atomic E-state index is 0.329. The van der Waals surface area contributed by atoms with Gasteiger partial charge < -0.3 is 14.5 Å². The van der Waals surface area contributed by atoms with Crippen LogP contribution in [-0.2, 0) is 6.42 Å². The third kappa shape index (κ3) is 3.49. The molecule has 4 heterocycles. The minimum Gasteiger partial charge on any atom is -0.454 e. The Morgan fingerprint density at radius 2 is 2.07 bits per heavy atom. The fourth-order valence-corrected chi connectivity index (χ4v) is 4.82. The lowest BCUT2D eigenvalue weighted by molar-refractivity contribution is 0.174. The number of unbranched alkanes of at least 4 members (excludes halogenated alkanes) is 1. The maximum Gasteiger partial charge on any atom is 0.231 e. The highest BCUT2D eigenvalue weighted by Gasteiger charge is 2.17. The second-order valence-electron chi connectivity index (χ2n) is 7.28. The molecule has 27 heavy (non-hydrogen) atoms. The summed E-state index contributed by atoms with van der Waals surface area (Å²) in [5, 5.41) is 3.43. The molecule has 0 spiro atoms. The van der Waals surface area contributed by atoms with Crippen molar-refractivity contribution in [1.29, 1.82) is 0 Å². The number of aromatic nitrogens is 1. The number of fused-ring (bicyclic) bond motifs is 2. The number of benzene rings is 1. The molecule has 5 rings (SSSR count). The first-order chi connectivity index (χ1) is 13.4. The number of ether oxygens (including phenoxy) is 2. The first-order valence-corrected chi connectivity index (χ1v) is 10.6. The zero-order valence-corrected chi connectivity index (χ0v) is 16.2. The summed E-state index contributed by atoms with van der Waals surface area (Å²) >= 11 is 1.85. The van der Waals surface area contributed by atoms with Crippen LogP contribution >= 0.6 is 11.3 Å². The molecule has 1 aromatic carbocycles. The zero-order chi connectivity index (χ0) is 18.1. The van der Waals surface area contributed by atoms with Crippen molar-refractivity contribution in [1.82, 2.24) is 9.88 Å². The normalized spacial score (nSPS) is 16.8. The van der Waals surface area contributed by atoms with Gasteiger partial charge in [-0.1, -0.05) is 12.1 Å². The summed E-state index contributed by atoms with van der Waals surface area (Å²) in [7, 11) is 0. The SMILES string of the molecule is C1=C(c2cccs2)CCN(CCCCc2c[nH]c3cc4c(cc23)OCO4)C1. The van der Waals surface area contributed by atoms with E-state index in [0.29, 0.717) is 6.79 Å². The Morgan fingerprint density at radius 1 is 1.15 bits per heavy atom. The quantitative estimate of drug-likeness (QED) is 0.607. The van der Waals surface area contributed by atoms with Crippen LogP contribution in [0.3, 0.4) is 0 Å². The average Bonchev–Trinajstić information content (AvgIpc) is 3.45. The largest absolute Gasteiger partial charge is 0.454 e. The van der Waals surface area contributed by atoms with Crippen LogP contribution in [0, 0.1) is 0 Å². The third-order valence-electron chi connectivity index (χ3n) is 5.56. The van der Waals surface area contributed by atoms with Crippen LogP contribution < -0.4 is 9.47 Å². The second kappa shape index (κ2) is 7.41. The van der Waals surface area contributed by atoms with Crippen LogP contribution in [0.25, 0.3) is 16.5 Å². The van der Waals surface area contributed by atoms with Crippen molar-refractivity contribution >= 4 is 27.8 Å². The number of thiophene rings is 1. The van der Waals surface area contributed by atoms with E-state index in [2.05, 4.69) is 45.7 Å². The molecule has 140 valence electrons. The van der Waals surface area contributed by atoms with Crippen LogP contribution in [0.2, 0.25) is 0 Å². The Balaban J connectivity index is 1.13. The van der Waals surface area contributed by atoms with E-state index in [0.717, 1.165) is 30.0 Å². The summed E-state index contributed by atoms with van der Waals surface area (Å²) in [5.74, 6) is 1.71. The van der Waals surface area contributed by atoms with Crippen molar-refractivity contribution in [3.63, 3.8) is 0 Å². The Morgan fingerprint density at radius 3 is 2.89 bits per heavy atom. The van der Waals surface area contributed by atoms with Gasteiger partial charge in [0.2, 0.25) is 6.79 Å². The molecule has 5 heteroatoms. The highest BCUT2D eigenvalue weighted by molar-refractivity contribution is 7.11. The van der Waals surface area contributed by atoms with Gasteiger partial charge in [0.1, 0.15) is 0 Å². The van der Waals surface area contributed by atoms with E-state index < -0.39 is 0 Å². The van der Waals surface area contributed by atoms with Crippen molar-refractivity contribution < 1.29 is 9.47 Å². The van der Waals surface area contributed by atoms with Crippen molar-refractivity contribution in [2.24, 2.45) is 0 Å². The predicted octanol–water partition coefficient (Wildman–Crippen LogP) is 5.07. The van der Waals surface area contributed by atoms with E-state index in [9.17, 15) is 0 Å². The molecule has 0 fully saturated rings. The van der Waals surface area contributed by atoms with Gasteiger partial charge in [0.25, 0.3) is 0 Å². The van der Waals surface area contributed by atoms with Crippen LogP contribution in [-0.4, -0.2) is 36.3 Å². The molecule has 0 saturated carbocycles. The lowest BCUT2D eigenvalue weighted by Crippen LogP contribution is -2.29. The fourth-order valence-electron chi connectivity index (χ4n) is 4.03. The minimum atomic E-state index is 0.329. The molecular formula is C22H24N2O2S. The number of hydrogen-bond acceptors (Lipinski definition) is 4. The molecule has 2 aliphatic heterocycles. The molecular weight excluding hydrogens is 356 g/mol. The van der Waals surface area contributed by atoms with Crippen LogP contribution in [0.1, 0.15) is 29.7 Å². The van der Waals surface area contributed by atoms with E-state index in [1.807, 2.05) is 17.4 Å². The fraction of sp³-hybridized carbons (Fsp3) is 0.364. The number of aryl methyl sites for hydroxylation is 1. The maximum absolute atomic E-state index is 5.52. The number of hydrogen-bond donors (Lipinski definition) is 1. The summed E-state index contributed by atoms with van der Waals surface area (Å²) in [6.07, 6.45) is 9.27. The molecule has 1 N–H and O–H groups in total. The molecule has 0 radical (unpaired) electrons. The lowest BCUT2D eigenvalue weighted by Gasteiger charge is -2.25. The molecule has 0 aliphatic carbocycles. The van der Waals surface area contributed by atoms with Crippen LogP contribution in [0.15, 0.2) is 41.9 Å². The van der Waals surface area contributed by atoms with E-state index in [1.54, 1.807) is 0 Å².